The third-order valence-corrected chi connectivity index (χ3v) is 22.1. The molecule has 5 aliphatic heterocycles. The Hall–Kier alpha value is -8.87. The average Bonchev–Trinajstić information content (AvgIpc) is 1.63. The van der Waals surface area contributed by atoms with Gasteiger partial charge in [-0.25, -0.2) is 0 Å². The molecule has 0 saturated heterocycles. The second-order valence-corrected chi connectivity index (χ2v) is 28.1. The van der Waals surface area contributed by atoms with Crippen LogP contribution in [0.3, 0.4) is 0 Å². The van der Waals surface area contributed by atoms with Crippen molar-refractivity contribution in [1.82, 2.24) is 0 Å². The van der Waals surface area contributed by atoms with Crippen LogP contribution in [0.25, 0.3) is 23.1 Å². The van der Waals surface area contributed by atoms with E-state index in [1.54, 1.807) is 0 Å². The standard InChI is InChI=1S/C31H39N2.C31H35N2.C27H33N2.3CH3/c1-9-22(2)23(18-20-28-30(3,4)24-14-10-12-16-26(24)32(28)7)19-21-29-31(5,6)25-15-11-13-17-27(25)33(29)8;1-5-24(4)25(16-20-28-22-18-26-12-8-10-14-30(26)32(28)6-2)17-21-29-23-19-27-13-9-11-15-31(27)33(29)7-3;1-7-26(3)20-14-9-11-16-22(20)28(5)24(26)18-13-19-25-27(4,8-2)21-15-10-12-17-23(21)29(25)6;;;/h10-22H,9H2,1-8H3;8-24H,5-7H2,1-4H3;9-19H,7-8H2,1-6H3;3*1H3/q3*+1;3*-1. The highest BCUT2D eigenvalue weighted by atomic mass is 15.2. The van der Waals surface area contributed by atoms with Gasteiger partial charge < -0.3 is 37.0 Å². The van der Waals surface area contributed by atoms with Crippen molar-refractivity contribution in [2.45, 2.75) is 151 Å². The summed E-state index contributed by atoms with van der Waals surface area (Å²) in [6, 6.07) is 56.8. The van der Waals surface area contributed by atoms with Crippen molar-refractivity contribution in [3.05, 3.63) is 309 Å². The molecule has 0 amide bonds. The molecular weight excluding hydrogens is 1190 g/mol. The molecule has 0 spiro atoms. The van der Waals surface area contributed by atoms with Crippen molar-refractivity contribution < 1.29 is 13.7 Å². The maximum absolute atomic E-state index is 2.39. The van der Waals surface area contributed by atoms with Gasteiger partial charge >= 0.3 is 0 Å². The monoisotopic (exact) mass is 1300 g/mol. The molecular formula is C92H116N6. The zero-order valence-electron chi connectivity index (χ0n) is 63.6. The Morgan fingerprint density at radius 2 is 0.980 bits per heavy atom. The van der Waals surface area contributed by atoms with E-state index in [9.17, 15) is 0 Å². The third kappa shape index (κ3) is 14.5. The molecule has 98 heavy (non-hydrogen) atoms. The van der Waals surface area contributed by atoms with E-state index >= 15 is 0 Å². The summed E-state index contributed by atoms with van der Waals surface area (Å²) in [5, 5.41) is 1.28. The Balaban J connectivity index is 0.000000204. The molecule has 0 bridgehead atoms. The fourth-order valence-electron chi connectivity index (χ4n) is 15.4. The summed E-state index contributed by atoms with van der Waals surface area (Å²) in [7, 11) is 8.77. The van der Waals surface area contributed by atoms with E-state index < -0.39 is 0 Å². The largest absolute Gasteiger partial charge is 0.358 e. The molecule has 0 fully saturated rings. The lowest BCUT2D eigenvalue weighted by molar-refractivity contribution is -0.669. The summed E-state index contributed by atoms with van der Waals surface area (Å²) in [6.45, 7) is 34.1. The minimum absolute atomic E-state index is 0. The van der Waals surface area contributed by atoms with Crippen molar-refractivity contribution >= 4 is 62.9 Å². The molecule has 4 unspecified atom stereocenters. The quantitative estimate of drug-likeness (QED) is 0.0546. The molecule has 0 radical (unpaired) electrons. The smallest absolute Gasteiger partial charge is 0.212 e. The SMILES string of the molecule is CCC(C)C(C=CC1=[N+](C)c2ccccc2C1(C)C)=CC=C1N(C)c2ccccc2C1(C)C.CCC(C)C(C=Cc1ccc2ccccc2[n+]1CC)=CC=C1C=Cc2ccccc2N1CC.CCC1(C)C(=CC=CC2=[N+](C)c3ccccc3C2(C)CC)N(C)c2ccccc21.[CH3-].[CH3-].[CH3-]. The number of pyridine rings is 1. The molecule has 514 valence electrons. The summed E-state index contributed by atoms with van der Waals surface area (Å²) >= 11 is 0. The van der Waals surface area contributed by atoms with Crippen LogP contribution in [0, 0.1) is 34.1 Å². The first kappa shape index (κ1) is 76.5. The highest BCUT2D eigenvalue weighted by Crippen LogP contribution is 2.50. The minimum Gasteiger partial charge on any atom is -0.358 e. The van der Waals surface area contributed by atoms with Crippen LogP contribution in [-0.2, 0) is 28.2 Å². The molecule has 6 heterocycles. The van der Waals surface area contributed by atoms with E-state index in [0.29, 0.717) is 11.8 Å². The second kappa shape index (κ2) is 32.2. The molecule has 12 rings (SSSR count). The number of hydrogen-bond acceptors (Lipinski definition) is 3. The maximum atomic E-state index is 2.39. The van der Waals surface area contributed by atoms with Crippen LogP contribution in [0.2, 0.25) is 0 Å². The van der Waals surface area contributed by atoms with E-state index in [1.165, 1.54) is 113 Å². The van der Waals surface area contributed by atoms with Gasteiger partial charge in [0.05, 0.1) is 10.8 Å². The van der Waals surface area contributed by atoms with Gasteiger partial charge in [0.1, 0.15) is 20.6 Å². The number of anilines is 3. The number of allylic oxidation sites excluding steroid dienone is 15. The van der Waals surface area contributed by atoms with Crippen molar-refractivity contribution in [3.8, 4) is 0 Å². The van der Waals surface area contributed by atoms with Gasteiger partial charge in [0.2, 0.25) is 22.6 Å². The van der Waals surface area contributed by atoms with E-state index in [-0.39, 0.29) is 43.9 Å². The van der Waals surface area contributed by atoms with E-state index in [4.69, 9.17) is 0 Å². The molecule has 1 aromatic heterocycles. The Morgan fingerprint density at radius 3 is 1.58 bits per heavy atom. The second-order valence-electron chi connectivity index (χ2n) is 28.1. The van der Waals surface area contributed by atoms with E-state index in [2.05, 4.69) is 390 Å². The van der Waals surface area contributed by atoms with Crippen molar-refractivity contribution in [2.75, 3.05) is 49.4 Å². The number of aryl methyl sites for hydroxylation is 1. The number of fused-ring (bicyclic) bond motifs is 6. The maximum Gasteiger partial charge on any atom is 0.212 e. The number of benzene rings is 6. The molecule has 0 N–H and O–H groups in total. The first-order chi connectivity index (χ1) is 45.6. The summed E-state index contributed by atoms with van der Waals surface area (Å²) in [5.74, 6) is 0.983. The van der Waals surface area contributed by atoms with Crippen molar-refractivity contribution in [3.63, 3.8) is 0 Å². The average molecular weight is 1310 g/mol. The zero-order chi connectivity index (χ0) is 68.0. The molecule has 6 aromatic carbocycles. The van der Waals surface area contributed by atoms with Crippen LogP contribution < -0.4 is 19.3 Å². The van der Waals surface area contributed by atoms with Gasteiger partial charge in [0, 0.05) is 125 Å². The third-order valence-electron chi connectivity index (χ3n) is 22.1. The Labute approximate surface area is 593 Å². The van der Waals surface area contributed by atoms with Gasteiger partial charge in [-0.15, -0.1) is 0 Å². The number of hydrogen-bond donors (Lipinski definition) is 0. The first-order valence-electron chi connectivity index (χ1n) is 35.3. The Morgan fingerprint density at radius 1 is 0.469 bits per heavy atom. The van der Waals surface area contributed by atoms with Gasteiger partial charge in [-0.3, -0.25) is 0 Å². The van der Waals surface area contributed by atoms with Crippen LogP contribution in [0.15, 0.2) is 253 Å². The Kier molecular flexibility index (Phi) is 25.1. The first-order valence-corrected chi connectivity index (χ1v) is 35.3. The lowest BCUT2D eigenvalue weighted by Gasteiger charge is -2.29. The number of para-hydroxylation sites is 6. The number of aromatic nitrogens is 1. The Bertz CT molecular complexity index is 4350. The van der Waals surface area contributed by atoms with Crippen LogP contribution >= 0.6 is 0 Å². The summed E-state index contributed by atoms with van der Waals surface area (Å²) in [6.07, 6.45) is 34.3. The molecule has 6 heteroatoms. The summed E-state index contributed by atoms with van der Waals surface area (Å²) < 4.78 is 7.10. The van der Waals surface area contributed by atoms with Gasteiger partial charge in [0.25, 0.3) is 0 Å². The molecule has 5 aliphatic rings. The van der Waals surface area contributed by atoms with Crippen LogP contribution in [0.5, 0.6) is 0 Å². The summed E-state index contributed by atoms with van der Waals surface area (Å²) in [4.78, 5) is 7.10. The van der Waals surface area contributed by atoms with Crippen LogP contribution in [0.4, 0.5) is 28.4 Å². The number of likely N-dealkylation sites (N-methyl/N-ethyl adjacent to an activating group) is 3. The number of rotatable bonds is 16. The highest BCUT2D eigenvalue weighted by Gasteiger charge is 2.46. The van der Waals surface area contributed by atoms with Gasteiger partial charge in [0.15, 0.2) is 11.4 Å². The minimum atomic E-state index is -0.00379. The number of nitrogens with zero attached hydrogens (tertiary/aromatic N) is 6. The van der Waals surface area contributed by atoms with Gasteiger partial charge in [-0.2, -0.15) is 13.7 Å². The van der Waals surface area contributed by atoms with Crippen molar-refractivity contribution in [2.24, 2.45) is 11.8 Å². The molecule has 6 nitrogen and oxygen atoms in total. The van der Waals surface area contributed by atoms with E-state index in [0.717, 1.165) is 38.8 Å². The summed E-state index contributed by atoms with van der Waals surface area (Å²) in [5.41, 5.74) is 25.5. The van der Waals surface area contributed by atoms with Crippen molar-refractivity contribution in [1.29, 1.82) is 0 Å². The van der Waals surface area contributed by atoms with Gasteiger partial charge in [-0.05, 0) is 162 Å². The lowest BCUT2D eigenvalue weighted by Crippen LogP contribution is -2.36. The van der Waals surface area contributed by atoms with Crippen LogP contribution in [-0.4, -0.2) is 55.3 Å². The highest BCUT2D eigenvalue weighted by molar-refractivity contribution is 6.04. The molecule has 0 saturated carbocycles. The zero-order valence-corrected chi connectivity index (χ0v) is 63.6. The molecule has 7 aromatic rings. The predicted molar refractivity (Wildman–Crippen MR) is 430 cm³/mol. The lowest BCUT2D eigenvalue weighted by atomic mass is 9.77. The predicted octanol–water partition coefficient (Wildman–Crippen LogP) is 22.8. The topological polar surface area (TPSA) is 19.6 Å². The van der Waals surface area contributed by atoms with Gasteiger partial charge in [-0.1, -0.05) is 195 Å². The van der Waals surface area contributed by atoms with E-state index in [1.807, 2.05) is 0 Å². The fraction of sp³-hybridized carbons (Fsp3) is 0.326. The normalized spacial score (nSPS) is 20.6. The fourth-order valence-corrected chi connectivity index (χ4v) is 15.4. The van der Waals surface area contributed by atoms with Crippen LogP contribution in [0.1, 0.15) is 156 Å². The molecule has 0 aliphatic carbocycles. The molecule has 4 atom stereocenters.